The van der Waals surface area contributed by atoms with Crippen LogP contribution in [0.4, 0.5) is 0 Å². The standard InChI is InChI=1S/C12H13ClN2O2/c1-3-15-10-7-8(13)5-6-9(10)14-11(15)12(16)17-4-2/h5-7H,3-4H2,1-2H3. The first-order valence-electron chi connectivity index (χ1n) is 5.50. The fraction of sp³-hybridized carbons (Fsp3) is 0.333. The molecule has 1 heterocycles. The molecular weight excluding hydrogens is 240 g/mol. The molecule has 0 saturated heterocycles. The lowest BCUT2D eigenvalue weighted by Crippen LogP contribution is -2.12. The van der Waals surface area contributed by atoms with Crippen LogP contribution in [0.25, 0.3) is 11.0 Å². The number of carbonyl (C=O) groups is 1. The molecule has 0 aliphatic carbocycles. The third-order valence-electron chi connectivity index (χ3n) is 2.48. The monoisotopic (exact) mass is 252 g/mol. The Morgan fingerprint density at radius 2 is 2.24 bits per heavy atom. The minimum Gasteiger partial charge on any atom is -0.460 e. The molecular formula is C12H13ClN2O2. The summed E-state index contributed by atoms with van der Waals surface area (Å²) in [5.74, 6) is -0.0757. The topological polar surface area (TPSA) is 44.1 Å². The fourth-order valence-electron chi connectivity index (χ4n) is 1.77. The molecule has 2 rings (SSSR count). The Bertz CT molecular complexity index is 563. The summed E-state index contributed by atoms with van der Waals surface area (Å²) < 4.78 is 6.78. The Morgan fingerprint density at radius 3 is 2.88 bits per heavy atom. The lowest BCUT2D eigenvalue weighted by Gasteiger charge is -2.04. The summed E-state index contributed by atoms with van der Waals surface area (Å²) in [6, 6.07) is 5.36. The number of fused-ring (bicyclic) bond motifs is 1. The number of carbonyl (C=O) groups excluding carboxylic acids is 1. The van der Waals surface area contributed by atoms with Crippen LogP contribution < -0.4 is 0 Å². The average molecular weight is 253 g/mol. The first-order valence-corrected chi connectivity index (χ1v) is 5.88. The van der Waals surface area contributed by atoms with E-state index >= 15 is 0 Å². The second-order valence-corrected chi connectivity index (χ2v) is 3.97. The van der Waals surface area contributed by atoms with E-state index in [9.17, 15) is 4.79 Å². The molecule has 5 heteroatoms. The summed E-state index contributed by atoms with van der Waals surface area (Å²) >= 11 is 5.94. The van der Waals surface area contributed by atoms with Crippen molar-refractivity contribution in [3.8, 4) is 0 Å². The summed E-state index contributed by atoms with van der Waals surface area (Å²) in [4.78, 5) is 16.0. The van der Waals surface area contributed by atoms with E-state index in [0.717, 1.165) is 11.0 Å². The predicted molar refractivity (Wildman–Crippen MR) is 66.4 cm³/mol. The van der Waals surface area contributed by atoms with Gasteiger partial charge in [0.15, 0.2) is 0 Å². The van der Waals surface area contributed by atoms with E-state index in [4.69, 9.17) is 16.3 Å². The van der Waals surface area contributed by atoms with Crippen molar-refractivity contribution in [3.05, 3.63) is 29.0 Å². The quantitative estimate of drug-likeness (QED) is 0.789. The number of ether oxygens (including phenoxy) is 1. The molecule has 0 bridgehead atoms. The van der Waals surface area contributed by atoms with E-state index in [1.807, 2.05) is 6.92 Å². The molecule has 0 radical (unpaired) electrons. The summed E-state index contributed by atoms with van der Waals surface area (Å²) in [5.41, 5.74) is 1.60. The highest BCUT2D eigenvalue weighted by Gasteiger charge is 2.17. The number of hydrogen-bond donors (Lipinski definition) is 0. The largest absolute Gasteiger partial charge is 0.460 e. The molecule has 0 N–H and O–H groups in total. The first-order chi connectivity index (χ1) is 8.17. The van der Waals surface area contributed by atoms with Gasteiger partial charge in [-0.15, -0.1) is 0 Å². The van der Waals surface area contributed by atoms with Crippen LogP contribution in [0.2, 0.25) is 5.02 Å². The minimum atomic E-state index is -0.401. The van der Waals surface area contributed by atoms with Crippen LogP contribution in [0.15, 0.2) is 18.2 Å². The maximum Gasteiger partial charge on any atom is 0.374 e. The van der Waals surface area contributed by atoms with E-state index < -0.39 is 5.97 Å². The van der Waals surface area contributed by atoms with Gasteiger partial charge in [0.1, 0.15) is 0 Å². The Hall–Kier alpha value is -1.55. The van der Waals surface area contributed by atoms with Crippen LogP contribution in [0, 0.1) is 0 Å². The molecule has 0 atom stereocenters. The van der Waals surface area contributed by atoms with Crippen molar-refractivity contribution in [3.63, 3.8) is 0 Å². The van der Waals surface area contributed by atoms with Gasteiger partial charge in [0.2, 0.25) is 5.82 Å². The number of halogens is 1. The van der Waals surface area contributed by atoms with Crippen molar-refractivity contribution in [2.24, 2.45) is 0 Å². The summed E-state index contributed by atoms with van der Waals surface area (Å²) in [6.45, 7) is 4.70. The second kappa shape index (κ2) is 4.75. The average Bonchev–Trinajstić information content (AvgIpc) is 2.67. The number of aryl methyl sites for hydroxylation is 1. The first kappa shape index (κ1) is 11.9. The number of benzene rings is 1. The van der Waals surface area contributed by atoms with Gasteiger partial charge < -0.3 is 9.30 Å². The highest BCUT2D eigenvalue weighted by Crippen LogP contribution is 2.21. The molecule has 0 amide bonds. The van der Waals surface area contributed by atoms with E-state index in [0.29, 0.717) is 24.0 Å². The predicted octanol–water partition coefficient (Wildman–Crippen LogP) is 2.89. The van der Waals surface area contributed by atoms with Crippen molar-refractivity contribution in [1.82, 2.24) is 9.55 Å². The zero-order valence-corrected chi connectivity index (χ0v) is 10.5. The van der Waals surface area contributed by atoms with Crippen LogP contribution >= 0.6 is 11.6 Å². The number of nitrogens with zero attached hydrogens (tertiary/aromatic N) is 2. The van der Waals surface area contributed by atoms with Crippen LogP contribution in [-0.4, -0.2) is 22.1 Å². The minimum absolute atomic E-state index is 0.326. The molecule has 0 aliphatic rings. The van der Waals surface area contributed by atoms with Gasteiger partial charge >= 0.3 is 5.97 Å². The number of esters is 1. The van der Waals surface area contributed by atoms with Gasteiger partial charge in [-0.2, -0.15) is 0 Å². The van der Waals surface area contributed by atoms with Crippen LogP contribution in [-0.2, 0) is 11.3 Å². The zero-order valence-electron chi connectivity index (χ0n) is 9.74. The molecule has 0 unspecified atom stereocenters. The Kier molecular flexibility index (Phi) is 3.33. The van der Waals surface area contributed by atoms with Gasteiger partial charge in [-0.25, -0.2) is 9.78 Å². The second-order valence-electron chi connectivity index (χ2n) is 3.53. The van der Waals surface area contributed by atoms with Crippen molar-refractivity contribution in [2.45, 2.75) is 20.4 Å². The van der Waals surface area contributed by atoms with E-state index in [1.54, 1.807) is 29.7 Å². The highest BCUT2D eigenvalue weighted by atomic mass is 35.5. The molecule has 0 saturated carbocycles. The third-order valence-corrected chi connectivity index (χ3v) is 2.72. The summed E-state index contributed by atoms with van der Waals surface area (Å²) in [6.07, 6.45) is 0. The van der Waals surface area contributed by atoms with Gasteiger partial charge in [-0.05, 0) is 32.0 Å². The van der Waals surface area contributed by atoms with Crippen molar-refractivity contribution < 1.29 is 9.53 Å². The number of rotatable bonds is 3. The molecule has 1 aromatic carbocycles. The number of imidazole rings is 1. The van der Waals surface area contributed by atoms with Gasteiger partial charge in [0, 0.05) is 11.6 Å². The molecule has 2 aromatic rings. The molecule has 17 heavy (non-hydrogen) atoms. The Labute approximate surface area is 104 Å². The van der Waals surface area contributed by atoms with Crippen LogP contribution in [0.3, 0.4) is 0 Å². The molecule has 0 aliphatic heterocycles. The smallest absolute Gasteiger partial charge is 0.374 e. The number of aromatic nitrogens is 2. The van der Waals surface area contributed by atoms with Crippen molar-refractivity contribution in [2.75, 3.05) is 6.61 Å². The summed E-state index contributed by atoms with van der Waals surface area (Å²) in [7, 11) is 0. The SMILES string of the molecule is CCOC(=O)c1nc2ccc(Cl)cc2n1CC. The van der Waals surface area contributed by atoms with Crippen LogP contribution in [0.5, 0.6) is 0 Å². The Balaban J connectivity index is 2.60. The Morgan fingerprint density at radius 1 is 1.47 bits per heavy atom. The molecule has 1 aromatic heterocycles. The fourth-order valence-corrected chi connectivity index (χ4v) is 1.93. The molecule has 0 fully saturated rings. The van der Waals surface area contributed by atoms with E-state index in [2.05, 4.69) is 4.98 Å². The highest BCUT2D eigenvalue weighted by molar-refractivity contribution is 6.31. The third kappa shape index (κ3) is 2.13. The van der Waals surface area contributed by atoms with Gasteiger partial charge in [0.05, 0.1) is 17.6 Å². The molecule has 0 spiro atoms. The van der Waals surface area contributed by atoms with Gasteiger partial charge in [-0.1, -0.05) is 11.6 Å². The number of hydrogen-bond acceptors (Lipinski definition) is 3. The zero-order chi connectivity index (χ0) is 12.4. The maximum atomic E-state index is 11.7. The molecule has 4 nitrogen and oxygen atoms in total. The van der Waals surface area contributed by atoms with E-state index in [1.165, 1.54) is 0 Å². The van der Waals surface area contributed by atoms with Crippen molar-refractivity contribution >= 4 is 28.6 Å². The van der Waals surface area contributed by atoms with Crippen molar-refractivity contribution in [1.29, 1.82) is 0 Å². The van der Waals surface area contributed by atoms with Gasteiger partial charge in [0.25, 0.3) is 0 Å². The lowest BCUT2D eigenvalue weighted by molar-refractivity contribution is 0.0507. The van der Waals surface area contributed by atoms with Gasteiger partial charge in [-0.3, -0.25) is 0 Å². The summed E-state index contributed by atoms with van der Waals surface area (Å²) in [5, 5.41) is 0.627. The van der Waals surface area contributed by atoms with Crippen LogP contribution in [0.1, 0.15) is 24.5 Å². The lowest BCUT2D eigenvalue weighted by atomic mass is 10.3. The maximum absolute atomic E-state index is 11.7. The normalized spacial score (nSPS) is 10.8. The molecule has 90 valence electrons. The van der Waals surface area contributed by atoms with E-state index in [-0.39, 0.29) is 0 Å².